The Morgan fingerprint density at radius 2 is 2.05 bits per heavy atom. The average Bonchev–Trinajstić information content (AvgIpc) is 2.92. The number of carbonyl (C=O) groups excluding carboxylic acids is 1. The smallest absolute Gasteiger partial charge is 0.252 e. The molecule has 1 aliphatic carbocycles. The largest absolute Gasteiger partial charge is 0.391 e. The van der Waals surface area contributed by atoms with Crippen molar-refractivity contribution in [2.24, 2.45) is 5.92 Å². The van der Waals surface area contributed by atoms with Gasteiger partial charge in [0.25, 0.3) is 5.91 Å². The minimum absolute atomic E-state index is 0.256. The molecule has 1 saturated carbocycles. The number of aliphatic hydroxyl groups is 1. The highest BCUT2D eigenvalue weighted by Gasteiger charge is 2.23. The van der Waals surface area contributed by atoms with E-state index in [9.17, 15) is 9.90 Å². The summed E-state index contributed by atoms with van der Waals surface area (Å²) in [5.41, 5.74) is 0.341. The molecule has 1 aromatic carbocycles. The molecule has 2 N–H and O–H groups in total. The van der Waals surface area contributed by atoms with E-state index in [1.165, 1.54) is 6.07 Å². The number of aliphatic hydroxyl groups excluding tert-OH is 1. The first-order chi connectivity index (χ1) is 9.08. The third-order valence-electron chi connectivity index (χ3n) is 3.59. The number of halogens is 2. The highest BCUT2D eigenvalue weighted by atomic mass is 35.5. The molecule has 1 aliphatic rings. The Morgan fingerprint density at radius 3 is 2.74 bits per heavy atom. The van der Waals surface area contributed by atoms with Crippen molar-refractivity contribution in [1.82, 2.24) is 5.32 Å². The summed E-state index contributed by atoms with van der Waals surface area (Å²) in [7, 11) is 0. The van der Waals surface area contributed by atoms with E-state index in [1.54, 1.807) is 12.1 Å². The van der Waals surface area contributed by atoms with Crippen LogP contribution in [-0.2, 0) is 0 Å². The van der Waals surface area contributed by atoms with Crippen LogP contribution in [0.4, 0.5) is 0 Å². The lowest BCUT2D eigenvalue weighted by molar-refractivity contribution is 0.0840. The summed E-state index contributed by atoms with van der Waals surface area (Å²) in [6.07, 6.45) is 3.92. The second-order valence-corrected chi connectivity index (χ2v) is 5.79. The Bertz CT molecular complexity index is 459. The van der Waals surface area contributed by atoms with Gasteiger partial charge in [-0.3, -0.25) is 4.79 Å². The Labute approximate surface area is 122 Å². The van der Waals surface area contributed by atoms with Gasteiger partial charge in [0.15, 0.2) is 0 Å². The van der Waals surface area contributed by atoms with Crippen LogP contribution in [0.25, 0.3) is 0 Å². The minimum atomic E-state index is -0.482. The minimum Gasteiger partial charge on any atom is -0.391 e. The van der Waals surface area contributed by atoms with Gasteiger partial charge < -0.3 is 10.4 Å². The maximum atomic E-state index is 12.0. The van der Waals surface area contributed by atoms with Gasteiger partial charge in [0.05, 0.1) is 16.7 Å². The molecule has 1 unspecified atom stereocenters. The van der Waals surface area contributed by atoms with Crippen molar-refractivity contribution in [3.8, 4) is 0 Å². The predicted molar refractivity (Wildman–Crippen MR) is 76.8 cm³/mol. The fraction of sp³-hybridized carbons (Fsp3) is 0.500. The summed E-state index contributed by atoms with van der Waals surface area (Å²) in [6, 6.07) is 4.75. The lowest BCUT2D eigenvalue weighted by Gasteiger charge is -2.18. The van der Waals surface area contributed by atoms with Crippen molar-refractivity contribution in [3.63, 3.8) is 0 Å². The van der Waals surface area contributed by atoms with Crippen LogP contribution in [0.5, 0.6) is 0 Å². The number of nitrogens with one attached hydrogen (secondary N) is 1. The maximum Gasteiger partial charge on any atom is 0.252 e. The summed E-state index contributed by atoms with van der Waals surface area (Å²) < 4.78 is 0. The predicted octanol–water partition coefficient (Wildman–Crippen LogP) is 3.27. The molecule has 1 aromatic rings. The lowest BCUT2D eigenvalue weighted by atomic mass is 10.0. The molecule has 5 heteroatoms. The second kappa shape index (κ2) is 6.60. The first-order valence-electron chi connectivity index (χ1n) is 6.49. The Morgan fingerprint density at radius 1 is 1.37 bits per heavy atom. The molecule has 104 valence electrons. The highest BCUT2D eigenvalue weighted by molar-refractivity contribution is 6.35. The summed E-state index contributed by atoms with van der Waals surface area (Å²) >= 11 is 11.8. The highest BCUT2D eigenvalue weighted by Crippen LogP contribution is 2.27. The van der Waals surface area contributed by atoms with E-state index in [0.29, 0.717) is 21.5 Å². The molecule has 19 heavy (non-hydrogen) atoms. The topological polar surface area (TPSA) is 49.3 Å². The number of benzene rings is 1. The van der Waals surface area contributed by atoms with E-state index >= 15 is 0 Å². The van der Waals surface area contributed by atoms with Crippen LogP contribution >= 0.6 is 23.2 Å². The molecule has 1 amide bonds. The Kier molecular flexibility index (Phi) is 5.08. The van der Waals surface area contributed by atoms with Gasteiger partial charge in [-0.2, -0.15) is 0 Å². The van der Waals surface area contributed by atoms with Gasteiger partial charge in [-0.25, -0.2) is 0 Å². The summed E-state index contributed by atoms with van der Waals surface area (Å²) in [5.74, 6) is -0.000296. The monoisotopic (exact) mass is 301 g/mol. The van der Waals surface area contributed by atoms with E-state index in [4.69, 9.17) is 23.2 Å². The second-order valence-electron chi connectivity index (χ2n) is 4.95. The molecule has 0 heterocycles. The van der Waals surface area contributed by atoms with Gasteiger partial charge in [-0.1, -0.05) is 36.0 Å². The van der Waals surface area contributed by atoms with E-state index < -0.39 is 6.10 Å². The van der Waals surface area contributed by atoms with E-state index in [-0.39, 0.29) is 12.5 Å². The molecule has 2 rings (SSSR count). The third-order valence-corrected chi connectivity index (χ3v) is 4.15. The zero-order chi connectivity index (χ0) is 13.8. The Balaban J connectivity index is 1.91. The summed E-state index contributed by atoms with van der Waals surface area (Å²) in [4.78, 5) is 12.0. The molecule has 0 spiro atoms. The van der Waals surface area contributed by atoms with Crippen LogP contribution in [-0.4, -0.2) is 23.7 Å². The van der Waals surface area contributed by atoms with Gasteiger partial charge in [0.2, 0.25) is 0 Å². The summed E-state index contributed by atoms with van der Waals surface area (Å²) in [6.45, 7) is 0.256. The number of amides is 1. The van der Waals surface area contributed by atoms with Crippen molar-refractivity contribution in [1.29, 1.82) is 0 Å². The fourth-order valence-electron chi connectivity index (χ4n) is 2.47. The standard InChI is InChI=1S/C14H17Cl2NO2/c15-10-5-6-12(16)11(7-10)14(19)17-8-13(18)9-3-1-2-4-9/h5-7,9,13,18H,1-4,8H2,(H,17,19). The van der Waals surface area contributed by atoms with Crippen molar-refractivity contribution >= 4 is 29.1 Å². The first kappa shape index (κ1) is 14.6. The summed E-state index contributed by atoms with van der Waals surface area (Å²) in [5, 5.41) is 13.5. The number of rotatable bonds is 4. The van der Waals surface area contributed by atoms with Crippen LogP contribution in [0, 0.1) is 5.92 Å². The molecule has 0 radical (unpaired) electrons. The van der Waals surface area contributed by atoms with Gasteiger partial charge in [0, 0.05) is 11.6 Å². The van der Waals surface area contributed by atoms with E-state index in [0.717, 1.165) is 25.7 Å². The molecular formula is C14H17Cl2NO2. The van der Waals surface area contributed by atoms with E-state index in [1.807, 2.05) is 0 Å². The molecule has 1 fully saturated rings. The van der Waals surface area contributed by atoms with Crippen molar-refractivity contribution in [2.75, 3.05) is 6.54 Å². The van der Waals surface area contributed by atoms with Gasteiger partial charge in [-0.05, 0) is 37.0 Å². The fourth-order valence-corrected chi connectivity index (χ4v) is 2.85. The molecular weight excluding hydrogens is 285 g/mol. The molecule has 0 aliphatic heterocycles. The normalized spacial score (nSPS) is 17.4. The average molecular weight is 302 g/mol. The third kappa shape index (κ3) is 3.85. The lowest BCUT2D eigenvalue weighted by Crippen LogP contribution is -2.35. The van der Waals surface area contributed by atoms with Gasteiger partial charge in [-0.15, -0.1) is 0 Å². The Hall–Kier alpha value is -0.770. The molecule has 0 aromatic heterocycles. The van der Waals surface area contributed by atoms with Crippen LogP contribution in [0.15, 0.2) is 18.2 Å². The SMILES string of the molecule is O=C(NCC(O)C1CCCC1)c1cc(Cl)ccc1Cl. The first-order valence-corrected chi connectivity index (χ1v) is 7.25. The van der Waals surface area contributed by atoms with Crippen LogP contribution in [0.1, 0.15) is 36.0 Å². The molecule has 3 nitrogen and oxygen atoms in total. The van der Waals surface area contributed by atoms with Gasteiger partial charge >= 0.3 is 0 Å². The zero-order valence-electron chi connectivity index (χ0n) is 10.5. The van der Waals surface area contributed by atoms with Crippen LogP contribution in [0.3, 0.4) is 0 Å². The number of hydrogen-bond acceptors (Lipinski definition) is 2. The van der Waals surface area contributed by atoms with Crippen molar-refractivity contribution < 1.29 is 9.90 Å². The molecule has 0 bridgehead atoms. The molecule has 1 atom stereocenters. The van der Waals surface area contributed by atoms with Gasteiger partial charge in [0.1, 0.15) is 0 Å². The molecule has 0 saturated heterocycles. The van der Waals surface area contributed by atoms with Crippen LogP contribution < -0.4 is 5.32 Å². The quantitative estimate of drug-likeness (QED) is 0.897. The number of carbonyl (C=O) groups is 1. The maximum absolute atomic E-state index is 12.0. The number of hydrogen-bond donors (Lipinski definition) is 2. The van der Waals surface area contributed by atoms with Crippen molar-refractivity contribution in [2.45, 2.75) is 31.8 Å². The van der Waals surface area contributed by atoms with Crippen LogP contribution in [0.2, 0.25) is 10.0 Å². The van der Waals surface area contributed by atoms with Crippen molar-refractivity contribution in [3.05, 3.63) is 33.8 Å². The van der Waals surface area contributed by atoms with E-state index in [2.05, 4.69) is 5.32 Å². The zero-order valence-corrected chi connectivity index (χ0v) is 12.0.